The van der Waals surface area contributed by atoms with Crippen molar-refractivity contribution in [2.75, 3.05) is 11.9 Å². The minimum Gasteiger partial charge on any atom is -0.445 e. The Morgan fingerprint density at radius 1 is 0.774 bits per heavy atom. The van der Waals surface area contributed by atoms with Gasteiger partial charge in [0.15, 0.2) is 0 Å². The van der Waals surface area contributed by atoms with E-state index in [0.717, 1.165) is 22.3 Å². The molecule has 0 saturated heterocycles. The highest BCUT2D eigenvalue weighted by Crippen LogP contribution is 2.22. The lowest BCUT2D eigenvalue weighted by molar-refractivity contribution is 0.139. The number of benzene rings is 3. The van der Waals surface area contributed by atoms with Crippen LogP contribution in [0.4, 0.5) is 15.3 Å². The van der Waals surface area contributed by atoms with Crippen LogP contribution in [0.3, 0.4) is 0 Å². The predicted octanol–water partition coefficient (Wildman–Crippen LogP) is 5.51. The molecule has 2 N–H and O–H groups in total. The first-order valence-corrected chi connectivity index (χ1v) is 9.82. The lowest BCUT2D eigenvalue weighted by Gasteiger charge is -2.09. The van der Waals surface area contributed by atoms with Crippen molar-refractivity contribution in [2.24, 2.45) is 0 Å². The molecule has 6 heteroatoms. The highest BCUT2D eigenvalue weighted by molar-refractivity contribution is 5.85. The minimum absolute atomic E-state index is 0.161. The summed E-state index contributed by atoms with van der Waals surface area (Å²) in [6, 6.07) is 24.8. The van der Waals surface area contributed by atoms with Crippen LogP contribution in [0.15, 0.2) is 91.5 Å². The Labute approximate surface area is 181 Å². The van der Waals surface area contributed by atoms with Crippen LogP contribution in [-0.4, -0.2) is 18.8 Å². The highest BCUT2D eigenvalue weighted by atomic mass is 16.6. The zero-order valence-electron chi connectivity index (χ0n) is 17.0. The first kappa shape index (κ1) is 21.6. The third-order valence-corrected chi connectivity index (χ3v) is 4.40. The van der Waals surface area contributed by atoms with Crippen LogP contribution in [0, 0.1) is 0 Å². The maximum Gasteiger partial charge on any atom is 0.411 e. The third kappa shape index (κ3) is 7.04. The number of nitrogens with one attached hydrogen (secondary N) is 2. The van der Waals surface area contributed by atoms with E-state index in [1.807, 2.05) is 66.7 Å². The monoisotopic (exact) mass is 416 g/mol. The van der Waals surface area contributed by atoms with Gasteiger partial charge in [-0.1, -0.05) is 79.4 Å². The summed E-state index contributed by atoms with van der Waals surface area (Å²) in [6.45, 7) is 4.28. The fraction of sp³-hybridized carbons (Fsp3) is 0.120. The number of hydrogen-bond acceptors (Lipinski definition) is 4. The zero-order valence-corrected chi connectivity index (χ0v) is 17.0. The van der Waals surface area contributed by atoms with E-state index in [2.05, 4.69) is 17.2 Å². The molecule has 3 aromatic rings. The van der Waals surface area contributed by atoms with Gasteiger partial charge >= 0.3 is 12.2 Å². The van der Waals surface area contributed by atoms with Gasteiger partial charge in [-0.05, 0) is 34.4 Å². The molecule has 158 valence electrons. The van der Waals surface area contributed by atoms with Gasteiger partial charge in [0.2, 0.25) is 0 Å². The second-order valence-electron chi connectivity index (χ2n) is 6.70. The van der Waals surface area contributed by atoms with Crippen molar-refractivity contribution in [3.05, 3.63) is 103 Å². The second kappa shape index (κ2) is 11.2. The Balaban J connectivity index is 1.47. The van der Waals surface area contributed by atoms with Crippen molar-refractivity contribution >= 4 is 17.9 Å². The Hall–Kier alpha value is -4.06. The molecule has 0 aliphatic heterocycles. The molecular weight excluding hydrogens is 392 g/mol. The van der Waals surface area contributed by atoms with Crippen molar-refractivity contribution in [3.63, 3.8) is 0 Å². The van der Waals surface area contributed by atoms with E-state index in [9.17, 15) is 9.59 Å². The SMILES string of the molecule is C=CCOC(=O)Nc1ccc(-c2ccc(COC(=O)NCc3ccccc3)cc2)cc1. The zero-order chi connectivity index (χ0) is 21.9. The van der Waals surface area contributed by atoms with E-state index in [1.54, 1.807) is 12.1 Å². The molecule has 0 bridgehead atoms. The van der Waals surface area contributed by atoms with Crippen LogP contribution < -0.4 is 10.6 Å². The summed E-state index contributed by atoms with van der Waals surface area (Å²) in [5, 5.41) is 5.38. The van der Waals surface area contributed by atoms with Gasteiger partial charge in [-0.2, -0.15) is 0 Å². The molecule has 3 aromatic carbocycles. The van der Waals surface area contributed by atoms with Gasteiger partial charge in [0, 0.05) is 12.2 Å². The van der Waals surface area contributed by atoms with Crippen LogP contribution in [-0.2, 0) is 22.6 Å². The maximum atomic E-state index is 11.9. The summed E-state index contributed by atoms with van der Waals surface area (Å²) in [4.78, 5) is 23.4. The van der Waals surface area contributed by atoms with E-state index in [-0.39, 0.29) is 13.2 Å². The number of alkyl carbamates (subject to hydrolysis) is 1. The molecule has 0 aliphatic carbocycles. The predicted molar refractivity (Wildman–Crippen MR) is 121 cm³/mol. The summed E-state index contributed by atoms with van der Waals surface area (Å²) >= 11 is 0. The highest BCUT2D eigenvalue weighted by Gasteiger charge is 2.05. The topological polar surface area (TPSA) is 76.7 Å². The Bertz CT molecular complexity index is 1000. The molecule has 0 spiro atoms. The molecule has 31 heavy (non-hydrogen) atoms. The van der Waals surface area contributed by atoms with E-state index in [0.29, 0.717) is 12.2 Å². The summed E-state index contributed by atoms with van der Waals surface area (Å²) in [6.07, 6.45) is 0.529. The normalized spacial score (nSPS) is 10.1. The molecule has 0 saturated carbocycles. The number of ether oxygens (including phenoxy) is 2. The first-order chi connectivity index (χ1) is 15.1. The second-order valence-corrected chi connectivity index (χ2v) is 6.70. The Kier molecular flexibility index (Phi) is 7.83. The smallest absolute Gasteiger partial charge is 0.411 e. The fourth-order valence-corrected chi connectivity index (χ4v) is 2.80. The number of carbonyl (C=O) groups excluding carboxylic acids is 2. The summed E-state index contributed by atoms with van der Waals surface area (Å²) in [5.41, 5.74) is 4.56. The minimum atomic E-state index is -0.523. The molecule has 0 aromatic heterocycles. The van der Waals surface area contributed by atoms with Gasteiger partial charge in [0.05, 0.1) is 0 Å². The lowest BCUT2D eigenvalue weighted by Crippen LogP contribution is -2.23. The molecule has 0 aliphatic rings. The standard InChI is InChI=1S/C25H24N2O4/c1-2-16-30-25(29)27-23-14-12-22(13-15-23)21-10-8-20(9-11-21)18-31-24(28)26-17-19-6-4-3-5-7-19/h2-15H,1,16-18H2,(H,26,28)(H,27,29). The molecule has 0 heterocycles. The van der Waals surface area contributed by atoms with Crippen LogP contribution in [0.1, 0.15) is 11.1 Å². The van der Waals surface area contributed by atoms with E-state index in [1.165, 1.54) is 6.08 Å². The number of hydrogen-bond donors (Lipinski definition) is 2. The summed E-state index contributed by atoms with van der Waals surface area (Å²) in [7, 11) is 0. The van der Waals surface area contributed by atoms with Gasteiger partial charge in [-0.3, -0.25) is 5.32 Å². The van der Waals surface area contributed by atoms with Gasteiger partial charge in [0.25, 0.3) is 0 Å². The Morgan fingerprint density at radius 2 is 1.42 bits per heavy atom. The number of anilines is 1. The average molecular weight is 416 g/mol. The quantitative estimate of drug-likeness (QED) is 0.475. The number of amides is 2. The average Bonchev–Trinajstić information content (AvgIpc) is 2.81. The van der Waals surface area contributed by atoms with Crippen LogP contribution >= 0.6 is 0 Å². The van der Waals surface area contributed by atoms with E-state index in [4.69, 9.17) is 9.47 Å². The largest absolute Gasteiger partial charge is 0.445 e. The molecule has 0 fully saturated rings. The van der Waals surface area contributed by atoms with Gasteiger partial charge in [-0.25, -0.2) is 9.59 Å². The van der Waals surface area contributed by atoms with Crippen LogP contribution in [0.5, 0.6) is 0 Å². The summed E-state index contributed by atoms with van der Waals surface area (Å²) < 4.78 is 10.2. The van der Waals surface area contributed by atoms with Crippen LogP contribution in [0.25, 0.3) is 11.1 Å². The maximum absolute atomic E-state index is 11.9. The number of rotatable bonds is 8. The van der Waals surface area contributed by atoms with Crippen molar-refractivity contribution in [1.82, 2.24) is 5.32 Å². The van der Waals surface area contributed by atoms with Crippen molar-refractivity contribution in [1.29, 1.82) is 0 Å². The van der Waals surface area contributed by atoms with Crippen LogP contribution in [0.2, 0.25) is 0 Å². The Morgan fingerprint density at radius 3 is 2.06 bits per heavy atom. The van der Waals surface area contributed by atoms with E-state index >= 15 is 0 Å². The molecular formula is C25H24N2O4. The molecule has 2 amide bonds. The molecule has 0 radical (unpaired) electrons. The molecule has 6 nitrogen and oxygen atoms in total. The van der Waals surface area contributed by atoms with Crippen molar-refractivity contribution in [2.45, 2.75) is 13.2 Å². The van der Waals surface area contributed by atoms with E-state index < -0.39 is 12.2 Å². The fourth-order valence-electron chi connectivity index (χ4n) is 2.80. The number of carbonyl (C=O) groups is 2. The van der Waals surface area contributed by atoms with Gasteiger partial charge in [-0.15, -0.1) is 0 Å². The molecule has 0 atom stereocenters. The lowest BCUT2D eigenvalue weighted by atomic mass is 10.0. The van der Waals surface area contributed by atoms with Crippen molar-refractivity contribution in [3.8, 4) is 11.1 Å². The van der Waals surface area contributed by atoms with Gasteiger partial charge in [0.1, 0.15) is 13.2 Å². The first-order valence-electron chi connectivity index (χ1n) is 9.82. The third-order valence-electron chi connectivity index (χ3n) is 4.40. The molecule has 3 rings (SSSR count). The van der Waals surface area contributed by atoms with Crippen molar-refractivity contribution < 1.29 is 19.1 Å². The van der Waals surface area contributed by atoms with Gasteiger partial charge < -0.3 is 14.8 Å². The summed E-state index contributed by atoms with van der Waals surface area (Å²) in [5.74, 6) is 0. The molecule has 0 unspecified atom stereocenters.